The Balaban J connectivity index is 2.19. The van der Waals surface area contributed by atoms with Crippen molar-refractivity contribution in [1.82, 2.24) is 4.90 Å². The Labute approximate surface area is 120 Å². The van der Waals surface area contributed by atoms with Crippen LogP contribution in [0.25, 0.3) is 0 Å². The van der Waals surface area contributed by atoms with Crippen molar-refractivity contribution < 1.29 is 4.92 Å². The number of hydrogen-bond donors (Lipinski definition) is 1. The minimum atomic E-state index is -0.325. The van der Waals surface area contributed by atoms with Crippen molar-refractivity contribution >= 4 is 11.4 Å². The molecule has 1 saturated heterocycles. The number of nitrogens with zero attached hydrogens (tertiary/aromatic N) is 2. The van der Waals surface area contributed by atoms with Crippen LogP contribution in [0.1, 0.15) is 26.3 Å². The molecule has 1 aliphatic rings. The van der Waals surface area contributed by atoms with Crippen molar-refractivity contribution in [2.75, 3.05) is 25.0 Å². The maximum atomic E-state index is 10.9. The molecule has 110 valence electrons. The molecule has 2 atom stereocenters. The summed E-state index contributed by atoms with van der Waals surface area (Å²) in [6.45, 7) is 10.3. The molecular weight excluding hydrogens is 254 g/mol. The molecule has 1 aromatic rings. The van der Waals surface area contributed by atoms with Crippen LogP contribution in [-0.4, -0.2) is 29.5 Å². The lowest BCUT2D eigenvalue weighted by molar-refractivity contribution is -0.384. The summed E-state index contributed by atoms with van der Waals surface area (Å²) in [4.78, 5) is 13.0. The van der Waals surface area contributed by atoms with E-state index in [1.807, 2.05) is 13.0 Å². The van der Waals surface area contributed by atoms with Crippen LogP contribution in [0.5, 0.6) is 0 Å². The molecule has 1 fully saturated rings. The third-order valence-corrected chi connectivity index (χ3v) is 4.12. The Morgan fingerprint density at radius 2 is 2.00 bits per heavy atom. The molecule has 1 heterocycles. The normalized spacial score (nSPS) is 22.9. The molecule has 0 amide bonds. The van der Waals surface area contributed by atoms with E-state index in [1.165, 1.54) is 0 Å². The highest BCUT2D eigenvalue weighted by molar-refractivity contribution is 5.56. The van der Waals surface area contributed by atoms with Gasteiger partial charge in [-0.25, -0.2) is 0 Å². The van der Waals surface area contributed by atoms with Crippen molar-refractivity contribution in [3.05, 3.63) is 33.9 Å². The first-order valence-corrected chi connectivity index (χ1v) is 7.24. The molecule has 5 nitrogen and oxygen atoms in total. The maximum absolute atomic E-state index is 10.9. The number of likely N-dealkylation sites (tertiary alicyclic amines) is 1. The smallest absolute Gasteiger partial charge is 0.269 e. The van der Waals surface area contributed by atoms with Crippen LogP contribution in [-0.2, 0) is 6.54 Å². The van der Waals surface area contributed by atoms with Crippen LogP contribution in [0, 0.1) is 22.0 Å². The number of rotatable bonds is 5. The van der Waals surface area contributed by atoms with Crippen LogP contribution in [0.2, 0.25) is 0 Å². The third kappa shape index (κ3) is 3.28. The second kappa shape index (κ2) is 6.22. The summed E-state index contributed by atoms with van der Waals surface area (Å²) in [5, 5.41) is 14.2. The van der Waals surface area contributed by atoms with Gasteiger partial charge in [-0.05, 0) is 30.4 Å². The Morgan fingerprint density at radius 3 is 2.55 bits per heavy atom. The summed E-state index contributed by atoms with van der Waals surface area (Å²) in [5.41, 5.74) is 2.19. The predicted octanol–water partition coefficient (Wildman–Crippen LogP) is 3.11. The number of nitro benzene ring substituents is 1. The molecule has 2 rings (SSSR count). The SMILES string of the molecule is CCNc1ccc([N+](=O)[O-])cc1CN1CC(C)C(C)C1. The fourth-order valence-corrected chi connectivity index (χ4v) is 2.81. The van der Waals surface area contributed by atoms with Crippen LogP contribution in [0.4, 0.5) is 11.4 Å². The van der Waals surface area contributed by atoms with Crippen molar-refractivity contribution in [2.45, 2.75) is 27.3 Å². The van der Waals surface area contributed by atoms with Crippen LogP contribution < -0.4 is 5.32 Å². The van der Waals surface area contributed by atoms with Gasteiger partial charge in [-0.3, -0.25) is 15.0 Å². The zero-order valence-corrected chi connectivity index (χ0v) is 12.4. The lowest BCUT2D eigenvalue weighted by Crippen LogP contribution is -2.21. The average molecular weight is 277 g/mol. The monoisotopic (exact) mass is 277 g/mol. The highest BCUT2D eigenvalue weighted by Gasteiger charge is 2.26. The van der Waals surface area contributed by atoms with E-state index in [-0.39, 0.29) is 10.6 Å². The van der Waals surface area contributed by atoms with Gasteiger partial charge in [0.2, 0.25) is 0 Å². The van der Waals surface area contributed by atoms with Gasteiger partial charge in [0, 0.05) is 44.0 Å². The van der Waals surface area contributed by atoms with Gasteiger partial charge in [-0.15, -0.1) is 0 Å². The van der Waals surface area contributed by atoms with E-state index in [0.29, 0.717) is 11.8 Å². The zero-order chi connectivity index (χ0) is 14.7. The molecule has 0 aliphatic carbocycles. The van der Waals surface area contributed by atoms with E-state index in [1.54, 1.807) is 12.1 Å². The van der Waals surface area contributed by atoms with E-state index < -0.39 is 0 Å². The Morgan fingerprint density at radius 1 is 1.35 bits per heavy atom. The topological polar surface area (TPSA) is 58.4 Å². The van der Waals surface area contributed by atoms with E-state index in [2.05, 4.69) is 24.1 Å². The summed E-state index contributed by atoms with van der Waals surface area (Å²) in [5.74, 6) is 1.38. The summed E-state index contributed by atoms with van der Waals surface area (Å²) >= 11 is 0. The van der Waals surface area contributed by atoms with Crippen LogP contribution in [0.3, 0.4) is 0 Å². The first-order valence-electron chi connectivity index (χ1n) is 7.24. The molecular formula is C15H23N3O2. The van der Waals surface area contributed by atoms with Crippen molar-refractivity contribution in [3.8, 4) is 0 Å². The van der Waals surface area contributed by atoms with E-state index >= 15 is 0 Å². The number of anilines is 1. The van der Waals surface area contributed by atoms with E-state index in [9.17, 15) is 10.1 Å². The molecule has 0 radical (unpaired) electrons. The fraction of sp³-hybridized carbons (Fsp3) is 0.600. The first kappa shape index (κ1) is 14.8. The summed E-state index contributed by atoms with van der Waals surface area (Å²) in [7, 11) is 0. The van der Waals surface area contributed by atoms with Crippen LogP contribution >= 0.6 is 0 Å². The van der Waals surface area contributed by atoms with Gasteiger partial charge in [-0.1, -0.05) is 13.8 Å². The molecule has 1 aromatic carbocycles. The van der Waals surface area contributed by atoms with E-state index in [0.717, 1.165) is 37.4 Å². The molecule has 0 bridgehead atoms. The predicted molar refractivity (Wildman–Crippen MR) is 80.9 cm³/mol. The molecule has 1 N–H and O–H groups in total. The van der Waals surface area contributed by atoms with Gasteiger partial charge >= 0.3 is 0 Å². The van der Waals surface area contributed by atoms with Crippen LogP contribution in [0.15, 0.2) is 18.2 Å². The standard InChI is InChI=1S/C15H23N3O2/c1-4-16-15-6-5-14(18(19)20)7-13(15)10-17-8-11(2)12(3)9-17/h5-7,11-12,16H,4,8-10H2,1-3H3. The molecule has 1 aliphatic heterocycles. The zero-order valence-electron chi connectivity index (χ0n) is 12.4. The van der Waals surface area contributed by atoms with Crippen molar-refractivity contribution in [3.63, 3.8) is 0 Å². The Kier molecular flexibility index (Phi) is 4.60. The number of non-ortho nitro benzene ring substituents is 1. The first-order chi connectivity index (χ1) is 9.51. The molecule has 0 spiro atoms. The van der Waals surface area contributed by atoms with Gasteiger partial charge < -0.3 is 5.32 Å². The van der Waals surface area contributed by atoms with Gasteiger partial charge in [0.05, 0.1) is 4.92 Å². The largest absolute Gasteiger partial charge is 0.385 e. The van der Waals surface area contributed by atoms with Crippen molar-refractivity contribution in [2.24, 2.45) is 11.8 Å². The fourth-order valence-electron chi connectivity index (χ4n) is 2.81. The summed E-state index contributed by atoms with van der Waals surface area (Å²) in [6.07, 6.45) is 0. The number of benzene rings is 1. The molecule has 20 heavy (non-hydrogen) atoms. The second-order valence-electron chi connectivity index (χ2n) is 5.78. The number of hydrogen-bond acceptors (Lipinski definition) is 4. The molecule has 0 aromatic heterocycles. The quantitative estimate of drug-likeness (QED) is 0.663. The van der Waals surface area contributed by atoms with Gasteiger partial charge in [0.25, 0.3) is 5.69 Å². The maximum Gasteiger partial charge on any atom is 0.269 e. The average Bonchev–Trinajstić information content (AvgIpc) is 2.70. The highest BCUT2D eigenvalue weighted by Crippen LogP contribution is 2.28. The lowest BCUT2D eigenvalue weighted by atomic mass is 10.0. The third-order valence-electron chi connectivity index (χ3n) is 4.12. The minimum absolute atomic E-state index is 0.168. The number of nitro groups is 1. The summed E-state index contributed by atoms with van der Waals surface area (Å²) < 4.78 is 0. The lowest BCUT2D eigenvalue weighted by Gasteiger charge is -2.18. The van der Waals surface area contributed by atoms with Crippen molar-refractivity contribution in [1.29, 1.82) is 0 Å². The molecule has 5 heteroatoms. The number of nitrogens with one attached hydrogen (secondary N) is 1. The summed E-state index contributed by atoms with van der Waals surface area (Å²) in [6, 6.07) is 5.09. The minimum Gasteiger partial charge on any atom is -0.385 e. The van der Waals surface area contributed by atoms with Gasteiger partial charge in [0.1, 0.15) is 0 Å². The second-order valence-corrected chi connectivity index (χ2v) is 5.78. The molecule has 0 saturated carbocycles. The van der Waals surface area contributed by atoms with Gasteiger partial charge in [-0.2, -0.15) is 0 Å². The molecule has 2 unspecified atom stereocenters. The Bertz CT molecular complexity index is 480. The van der Waals surface area contributed by atoms with E-state index in [4.69, 9.17) is 0 Å². The highest BCUT2D eigenvalue weighted by atomic mass is 16.6. The Hall–Kier alpha value is -1.62. The van der Waals surface area contributed by atoms with Gasteiger partial charge in [0.15, 0.2) is 0 Å².